The number of para-hydroxylation sites is 6. The van der Waals surface area contributed by atoms with E-state index in [1.807, 2.05) is 42.5 Å². The normalized spacial score (nSPS) is 11.6. The summed E-state index contributed by atoms with van der Waals surface area (Å²) in [6.45, 7) is 8.94. The Morgan fingerprint density at radius 3 is 1.17 bits per heavy atom. The second-order valence-corrected chi connectivity index (χ2v) is 15.8. The maximum absolute atomic E-state index is 5.22. The van der Waals surface area contributed by atoms with E-state index in [4.69, 9.17) is 24.9 Å². The zero-order valence-electron chi connectivity index (χ0n) is 34.0. The van der Waals surface area contributed by atoms with Crippen LogP contribution in [-0.2, 0) is 0 Å². The number of hydrogen-bond acceptors (Lipinski definition) is 5. The number of aromatic nitrogens is 7. The SMILES string of the molecule is CC(C)c1ccccc1-n1c(-c2cccc(-c3nc(-c4ccccc4)nc(-c4cccc(-c5nc6ccccc6n5-c5ccccc5C(C)C)c4)n3)c2)nc2ccccc21. The third kappa shape index (κ3) is 6.64. The van der Waals surface area contributed by atoms with Gasteiger partial charge in [-0.05, 0) is 71.5 Å². The fraction of sp³-hybridized carbons (Fsp3) is 0.113. The highest BCUT2D eigenvalue weighted by atomic mass is 15.1. The van der Waals surface area contributed by atoms with Gasteiger partial charge in [0.2, 0.25) is 0 Å². The fourth-order valence-corrected chi connectivity index (χ4v) is 8.23. The van der Waals surface area contributed by atoms with Crippen molar-refractivity contribution in [1.82, 2.24) is 34.1 Å². The predicted octanol–water partition coefficient (Wildman–Crippen LogP) is 13.1. The molecule has 0 saturated heterocycles. The van der Waals surface area contributed by atoms with Crippen molar-refractivity contribution >= 4 is 22.1 Å². The van der Waals surface area contributed by atoms with E-state index in [2.05, 4.69) is 170 Å². The molecule has 0 fully saturated rings. The molecule has 0 N–H and O–H groups in total. The lowest BCUT2D eigenvalue weighted by molar-refractivity contribution is 0.850. The van der Waals surface area contributed by atoms with Gasteiger partial charge in [0.1, 0.15) is 11.6 Å². The van der Waals surface area contributed by atoms with Crippen LogP contribution < -0.4 is 0 Å². The van der Waals surface area contributed by atoms with Gasteiger partial charge in [-0.25, -0.2) is 24.9 Å². The molecule has 7 nitrogen and oxygen atoms in total. The van der Waals surface area contributed by atoms with Crippen molar-refractivity contribution in [2.75, 3.05) is 0 Å². The summed E-state index contributed by atoms with van der Waals surface area (Å²) in [6.07, 6.45) is 0. The van der Waals surface area contributed by atoms with Crippen LogP contribution in [0.1, 0.15) is 50.7 Å². The number of benzene rings is 7. The first-order chi connectivity index (χ1) is 29.4. The van der Waals surface area contributed by atoms with E-state index in [0.29, 0.717) is 29.3 Å². The van der Waals surface area contributed by atoms with Gasteiger partial charge in [-0.3, -0.25) is 9.13 Å². The van der Waals surface area contributed by atoms with Crippen molar-refractivity contribution in [3.63, 3.8) is 0 Å². The summed E-state index contributed by atoms with van der Waals surface area (Å²) in [4.78, 5) is 25.9. The first-order valence-electron chi connectivity index (χ1n) is 20.6. The van der Waals surface area contributed by atoms with Crippen LogP contribution in [-0.4, -0.2) is 34.1 Å². The van der Waals surface area contributed by atoms with Gasteiger partial charge >= 0.3 is 0 Å². The molecule has 0 aliphatic rings. The van der Waals surface area contributed by atoms with Crippen LogP contribution in [0.4, 0.5) is 0 Å². The number of fused-ring (bicyclic) bond motifs is 2. The van der Waals surface area contributed by atoms with Crippen LogP contribution >= 0.6 is 0 Å². The van der Waals surface area contributed by atoms with Gasteiger partial charge in [-0.1, -0.05) is 155 Å². The van der Waals surface area contributed by atoms with Crippen LogP contribution in [0.5, 0.6) is 0 Å². The van der Waals surface area contributed by atoms with Gasteiger partial charge in [0.15, 0.2) is 17.5 Å². The Morgan fingerprint density at radius 1 is 0.333 bits per heavy atom. The monoisotopic (exact) mass is 777 g/mol. The highest BCUT2D eigenvalue weighted by Gasteiger charge is 2.21. The zero-order valence-corrected chi connectivity index (χ0v) is 34.0. The van der Waals surface area contributed by atoms with Crippen molar-refractivity contribution in [2.45, 2.75) is 39.5 Å². The van der Waals surface area contributed by atoms with Crippen LogP contribution in [0.2, 0.25) is 0 Å². The highest BCUT2D eigenvalue weighted by molar-refractivity contribution is 5.86. The number of nitrogens with zero attached hydrogens (tertiary/aromatic N) is 7. The van der Waals surface area contributed by atoms with Gasteiger partial charge in [0.05, 0.1) is 33.4 Å². The summed E-state index contributed by atoms with van der Waals surface area (Å²) >= 11 is 0. The third-order valence-corrected chi connectivity index (χ3v) is 11.1. The number of hydrogen-bond donors (Lipinski definition) is 0. The first kappa shape index (κ1) is 36.8. The summed E-state index contributed by atoms with van der Waals surface area (Å²) in [5.41, 5.74) is 13.3. The van der Waals surface area contributed by atoms with Crippen molar-refractivity contribution in [3.8, 4) is 68.3 Å². The van der Waals surface area contributed by atoms with Crippen molar-refractivity contribution in [2.24, 2.45) is 0 Å². The smallest absolute Gasteiger partial charge is 0.164 e. The second-order valence-electron chi connectivity index (χ2n) is 15.8. The fourth-order valence-electron chi connectivity index (χ4n) is 8.23. The average molecular weight is 778 g/mol. The van der Waals surface area contributed by atoms with Gasteiger partial charge < -0.3 is 0 Å². The molecule has 3 heterocycles. The molecule has 0 saturated carbocycles. The van der Waals surface area contributed by atoms with Crippen LogP contribution in [0, 0.1) is 0 Å². The Bertz CT molecular complexity index is 2980. The van der Waals surface area contributed by atoms with Gasteiger partial charge in [0, 0.05) is 27.8 Å². The molecule has 60 heavy (non-hydrogen) atoms. The van der Waals surface area contributed by atoms with Gasteiger partial charge in [-0.15, -0.1) is 0 Å². The Balaban J connectivity index is 1.13. The first-order valence-corrected chi connectivity index (χ1v) is 20.6. The Kier molecular flexibility index (Phi) is 9.41. The molecule has 0 radical (unpaired) electrons. The van der Waals surface area contributed by atoms with E-state index in [1.54, 1.807) is 0 Å². The summed E-state index contributed by atoms with van der Waals surface area (Å²) in [5.74, 6) is 4.13. The van der Waals surface area contributed by atoms with Crippen LogP contribution in [0.15, 0.2) is 176 Å². The zero-order chi connectivity index (χ0) is 40.7. The molecule has 3 aromatic heterocycles. The largest absolute Gasteiger partial charge is 0.292 e. The second kappa shape index (κ2) is 15.3. The van der Waals surface area contributed by atoms with E-state index in [0.717, 1.165) is 72.9 Å². The minimum Gasteiger partial charge on any atom is -0.292 e. The number of imidazole rings is 2. The molecule has 0 aliphatic heterocycles. The quantitative estimate of drug-likeness (QED) is 0.146. The minimum absolute atomic E-state index is 0.329. The summed E-state index contributed by atoms with van der Waals surface area (Å²) < 4.78 is 4.58. The third-order valence-electron chi connectivity index (χ3n) is 11.1. The maximum Gasteiger partial charge on any atom is 0.164 e. The van der Waals surface area contributed by atoms with Crippen LogP contribution in [0.3, 0.4) is 0 Å². The topological polar surface area (TPSA) is 74.3 Å². The van der Waals surface area contributed by atoms with Crippen molar-refractivity contribution in [3.05, 3.63) is 187 Å². The molecular weight excluding hydrogens is 735 g/mol. The Labute approximate surface area is 349 Å². The van der Waals surface area contributed by atoms with Crippen molar-refractivity contribution < 1.29 is 0 Å². The lowest BCUT2D eigenvalue weighted by Crippen LogP contribution is -2.04. The molecule has 7 heteroatoms. The molecule has 0 aliphatic carbocycles. The van der Waals surface area contributed by atoms with E-state index >= 15 is 0 Å². The summed E-state index contributed by atoms with van der Waals surface area (Å²) in [7, 11) is 0. The Morgan fingerprint density at radius 2 is 0.700 bits per heavy atom. The van der Waals surface area contributed by atoms with Gasteiger partial charge in [0.25, 0.3) is 0 Å². The van der Waals surface area contributed by atoms with E-state index in [-0.39, 0.29) is 0 Å². The minimum atomic E-state index is 0.329. The molecule has 0 bridgehead atoms. The molecule has 7 aromatic carbocycles. The molecule has 10 rings (SSSR count). The lowest BCUT2D eigenvalue weighted by Gasteiger charge is -2.17. The van der Waals surface area contributed by atoms with E-state index < -0.39 is 0 Å². The van der Waals surface area contributed by atoms with E-state index in [9.17, 15) is 0 Å². The molecule has 10 aromatic rings. The average Bonchev–Trinajstić information content (AvgIpc) is 3.89. The molecule has 0 amide bonds. The van der Waals surface area contributed by atoms with Crippen LogP contribution in [0.25, 0.3) is 90.4 Å². The molecule has 290 valence electrons. The number of rotatable bonds is 9. The summed E-state index contributed by atoms with van der Waals surface area (Å²) in [5, 5.41) is 0. The molecule has 0 unspecified atom stereocenters. The molecule has 0 atom stereocenters. The highest BCUT2D eigenvalue weighted by Crippen LogP contribution is 2.37. The standard InChI is InChI=1S/C53H43N7/c1-34(2)41-24-8-12-28-45(41)59-47-30-14-10-26-43(47)54-52(59)39-22-16-20-37(32-39)50-56-49(36-18-6-5-7-19-36)57-51(58-50)38-21-17-23-40(33-38)53-55-44-27-11-15-31-48(44)60(53)46-29-13-9-25-42(46)35(3)4/h5-35H,1-4H3. The predicted molar refractivity (Wildman–Crippen MR) is 244 cm³/mol. The molecular formula is C53H43N7. The van der Waals surface area contributed by atoms with Gasteiger partial charge in [-0.2, -0.15) is 0 Å². The van der Waals surface area contributed by atoms with E-state index in [1.165, 1.54) is 11.1 Å². The molecule has 0 spiro atoms. The maximum atomic E-state index is 5.22. The summed E-state index contributed by atoms with van der Waals surface area (Å²) in [6, 6.07) is 60.8. The Hall–Kier alpha value is -7.51. The lowest BCUT2D eigenvalue weighted by atomic mass is 10.0. The van der Waals surface area contributed by atoms with Crippen molar-refractivity contribution in [1.29, 1.82) is 0 Å².